The Labute approximate surface area is 219 Å². The zero-order valence-electron chi connectivity index (χ0n) is 22.7. The van der Waals surface area contributed by atoms with Crippen LogP contribution in [0.4, 0.5) is 21.0 Å². The van der Waals surface area contributed by atoms with Crippen molar-refractivity contribution in [3.63, 3.8) is 0 Å². The number of anilines is 2. The molecule has 0 spiro atoms. The topological polar surface area (TPSA) is 76.7 Å². The van der Waals surface area contributed by atoms with E-state index in [-0.39, 0.29) is 0 Å². The molecule has 0 radical (unpaired) electrons. The minimum absolute atomic E-state index is 0.504. The number of hydrogen-bond donors (Lipinski definition) is 2. The van der Waals surface area contributed by atoms with Gasteiger partial charge in [-0.25, -0.2) is 9.59 Å². The molecule has 0 aliphatic rings. The van der Waals surface area contributed by atoms with Crippen molar-refractivity contribution in [3.8, 4) is 11.1 Å². The Hall–Kier alpha value is -4.06. The second-order valence-electron chi connectivity index (χ2n) is 10.9. The molecule has 2 amide bonds. The summed E-state index contributed by atoms with van der Waals surface area (Å²) in [5.41, 5.74) is 5.61. The fourth-order valence-corrected chi connectivity index (χ4v) is 3.79. The van der Waals surface area contributed by atoms with Gasteiger partial charge in [-0.05, 0) is 106 Å². The molecule has 3 aromatic rings. The van der Waals surface area contributed by atoms with Crippen LogP contribution in [0, 0.1) is 6.92 Å². The third-order valence-corrected chi connectivity index (χ3v) is 5.27. The lowest BCUT2D eigenvalue weighted by molar-refractivity contribution is 0.0624. The summed E-state index contributed by atoms with van der Waals surface area (Å²) in [5.74, 6) is 0. The molecule has 194 valence electrons. The van der Waals surface area contributed by atoms with Gasteiger partial charge in [0.1, 0.15) is 11.2 Å². The van der Waals surface area contributed by atoms with Gasteiger partial charge in [0, 0.05) is 11.4 Å². The van der Waals surface area contributed by atoms with Crippen LogP contribution in [-0.4, -0.2) is 23.4 Å². The summed E-state index contributed by atoms with van der Waals surface area (Å²) in [5, 5.41) is 5.61. The number of hydrogen-bond acceptors (Lipinski definition) is 4. The molecule has 0 saturated heterocycles. The number of benzene rings is 3. The van der Waals surface area contributed by atoms with Crippen molar-refractivity contribution < 1.29 is 19.1 Å². The normalized spacial score (nSPS) is 11.4. The van der Waals surface area contributed by atoms with Crippen LogP contribution < -0.4 is 10.6 Å². The first-order chi connectivity index (χ1) is 17.2. The molecule has 37 heavy (non-hydrogen) atoms. The number of ether oxygens (including phenoxy) is 2. The highest BCUT2D eigenvalue weighted by molar-refractivity contribution is 5.93. The van der Waals surface area contributed by atoms with E-state index in [2.05, 4.69) is 17.2 Å². The molecule has 3 rings (SSSR count). The van der Waals surface area contributed by atoms with E-state index in [9.17, 15) is 9.59 Å². The first-order valence-electron chi connectivity index (χ1n) is 12.2. The van der Waals surface area contributed by atoms with Gasteiger partial charge in [0.15, 0.2) is 0 Å². The van der Waals surface area contributed by atoms with E-state index in [0.717, 1.165) is 33.4 Å². The monoisotopic (exact) mass is 500 g/mol. The van der Waals surface area contributed by atoms with Gasteiger partial charge in [-0.1, -0.05) is 49.0 Å². The second-order valence-corrected chi connectivity index (χ2v) is 10.9. The van der Waals surface area contributed by atoms with Crippen LogP contribution >= 0.6 is 0 Å². The summed E-state index contributed by atoms with van der Waals surface area (Å²) >= 11 is 0. The summed E-state index contributed by atoms with van der Waals surface area (Å²) in [4.78, 5) is 24.6. The van der Waals surface area contributed by atoms with Crippen LogP contribution in [-0.2, 0) is 9.47 Å². The third-order valence-electron chi connectivity index (χ3n) is 5.27. The highest BCUT2D eigenvalue weighted by atomic mass is 16.6. The molecule has 0 bridgehead atoms. The quantitative estimate of drug-likeness (QED) is 0.369. The van der Waals surface area contributed by atoms with E-state index in [1.807, 2.05) is 115 Å². The van der Waals surface area contributed by atoms with Gasteiger partial charge in [-0.15, -0.1) is 0 Å². The molecule has 0 aliphatic carbocycles. The molecule has 0 aromatic heterocycles. The zero-order valence-corrected chi connectivity index (χ0v) is 22.7. The number of nitrogens with one attached hydrogen (secondary N) is 2. The lowest BCUT2D eigenvalue weighted by Crippen LogP contribution is -2.27. The Morgan fingerprint density at radius 2 is 1.19 bits per heavy atom. The van der Waals surface area contributed by atoms with Crippen LogP contribution in [0.3, 0.4) is 0 Å². The van der Waals surface area contributed by atoms with Crippen molar-refractivity contribution in [2.24, 2.45) is 0 Å². The number of rotatable bonds is 5. The highest BCUT2D eigenvalue weighted by Crippen LogP contribution is 2.36. The first kappa shape index (κ1) is 27.5. The molecule has 3 aromatic carbocycles. The predicted octanol–water partition coefficient (Wildman–Crippen LogP) is 8.42. The van der Waals surface area contributed by atoms with Gasteiger partial charge >= 0.3 is 12.2 Å². The van der Waals surface area contributed by atoms with Gasteiger partial charge in [0.05, 0.1) is 0 Å². The second kappa shape index (κ2) is 10.9. The summed E-state index contributed by atoms with van der Waals surface area (Å²) in [6.07, 6.45) is -1.03. The van der Waals surface area contributed by atoms with Gasteiger partial charge in [0.25, 0.3) is 0 Å². The lowest BCUT2D eigenvalue weighted by Gasteiger charge is -2.21. The molecule has 0 heterocycles. The first-order valence-corrected chi connectivity index (χ1v) is 12.2. The van der Waals surface area contributed by atoms with E-state index in [1.165, 1.54) is 0 Å². The maximum absolute atomic E-state index is 12.4. The Morgan fingerprint density at radius 3 is 1.68 bits per heavy atom. The fourth-order valence-electron chi connectivity index (χ4n) is 3.79. The number of carbonyl (C=O) groups excluding carboxylic acids is 2. The minimum atomic E-state index is -0.604. The summed E-state index contributed by atoms with van der Waals surface area (Å²) in [6.45, 7) is 17.3. The Morgan fingerprint density at radius 1 is 0.703 bits per heavy atom. The minimum Gasteiger partial charge on any atom is -0.444 e. The molecule has 2 N–H and O–H groups in total. The van der Waals surface area contributed by atoms with Crippen LogP contribution in [0.25, 0.3) is 16.7 Å². The van der Waals surface area contributed by atoms with Crippen LogP contribution in [0.5, 0.6) is 0 Å². The summed E-state index contributed by atoms with van der Waals surface area (Å²) < 4.78 is 10.8. The number of amides is 2. The maximum atomic E-state index is 12.4. The van der Waals surface area contributed by atoms with Crippen LogP contribution in [0.2, 0.25) is 0 Å². The molecule has 6 heteroatoms. The van der Waals surface area contributed by atoms with Crippen LogP contribution in [0.15, 0.2) is 73.3 Å². The molecule has 0 fully saturated rings. The maximum Gasteiger partial charge on any atom is 0.412 e. The Balaban J connectivity index is 1.98. The Bertz CT molecular complexity index is 1300. The lowest BCUT2D eigenvalue weighted by atomic mass is 9.89. The summed E-state index contributed by atoms with van der Waals surface area (Å²) in [7, 11) is 0. The van der Waals surface area contributed by atoms with Gasteiger partial charge in [-0.2, -0.15) is 0 Å². The predicted molar refractivity (Wildman–Crippen MR) is 151 cm³/mol. The van der Waals surface area contributed by atoms with Crippen molar-refractivity contribution in [2.45, 2.75) is 59.7 Å². The van der Waals surface area contributed by atoms with E-state index in [4.69, 9.17) is 9.47 Å². The molecule has 0 atom stereocenters. The van der Waals surface area contributed by atoms with Gasteiger partial charge < -0.3 is 9.47 Å². The van der Waals surface area contributed by atoms with Gasteiger partial charge in [-0.3, -0.25) is 10.6 Å². The van der Waals surface area contributed by atoms with E-state index in [1.54, 1.807) is 0 Å². The SMILES string of the molecule is C=C(c1ccccc1)c1cc(NC(=O)OC(C)(C)C)ccc1-c1ccc(NC(=O)OC(C)(C)C)cc1C. The van der Waals surface area contributed by atoms with Crippen molar-refractivity contribution in [3.05, 3.63) is 90.0 Å². The molecule has 6 nitrogen and oxygen atoms in total. The third kappa shape index (κ3) is 7.97. The molecule has 0 unspecified atom stereocenters. The summed E-state index contributed by atoms with van der Waals surface area (Å²) in [6, 6.07) is 21.3. The zero-order chi connectivity index (χ0) is 27.4. The molecular formula is C31H36N2O4. The molecular weight excluding hydrogens is 464 g/mol. The van der Waals surface area contributed by atoms with E-state index >= 15 is 0 Å². The number of aryl methyl sites for hydroxylation is 1. The van der Waals surface area contributed by atoms with E-state index in [0.29, 0.717) is 11.4 Å². The van der Waals surface area contributed by atoms with Crippen LogP contribution in [0.1, 0.15) is 58.2 Å². The van der Waals surface area contributed by atoms with Crippen molar-refractivity contribution in [1.82, 2.24) is 0 Å². The molecule has 0 aliphatic heterocycles. The standard InChI is InChI=1S/C31H36N2O4/c1-20-18-23(32-28(34)36-30(3,4)5)14-16-25(20)26-17-15-24(33-29(35)37-31(6,7)8)19-27(26)21(2)22-12-10-9-11-13-22/h9-19H,2H2,1,3-8H3,(H,32,34)(H,33,35). The Kier molecular flexibility index (Phi) is 8.12. The van der Waals surface area contributed by atoms with Gasteiger partial charge in [0.2, 0.25) is 0 Å². The average Bonchev–Trinajstić information content (AvgIpc) is 2.77. The van der Waals surface area contributed by atoms with Crippen molar-refractivity contribution >= 4 is 29.1 Å². The largest absolute Gasteiger partial charge is 0.444 e. The van der Waals surface area contributed by atoms with Crippen molar-refractivity contribution in [2.75, 3.05) is 10.6 Å². The van der Waals surface area contributed by atoms with Crippen molar-refractivity contribution in [1.29, 1.82) is 0 Å². The smallest absolute Gasteiger partial charge is 0.412 e. The average molecular weight is 501 g/mol. The molecule has 0 saturated carbocycles. The number of carbonyl (C=O) groups is 2. The fraction of sp³-hybridized carbons (Fsp3) is 0.290. The highest BCUT2D eigenvalue weighted by Gasteiger charge is 2.19. The van der Waals surface area contributed by atoms with E-state index < -0.39 is 23.4 Å².